The molecule has 3 rings (SSSR count). The number of rotatable bonds is 9. The van der Waals surface area contributed by atoms with Crippen LogP contribution in [0.1, 0.15) is 59.8 Å². The van der Waals surface area contributed by atoms with E-state index in [0.717, 1.165) is 25.7 Å². The monoisotopic (exact) mass is 502 g/mol. The Morgan fingerprint density at radius 3 is 2.58 bits per heavy atom. The quantitative estimate of drug-likeness (QED) is 0.282. The second kappa shape index (κ2) is 9.35. The highest BCUT2D eigenvalue weighted by atomic mass is 79.9. The first-order valence-electron chi connectivity index (χ1n) is 11.3. The van der Waals surface area contributed by atoms with Crippen LogP contribution in [0.5, 0.6) is 0 Å². The van der Waals surface area contributed by atoms with E-state index in [4.69, 9.17) is 14.6 Å². The van der Waals surface area contributed by atoms with Gasteiger partial charge in [-0.05, 0) is 47.0 Å². The number of carbonyl (C=O) groups is 3. The molecule has 31 heavy (non-hydrogen) atoms. The maximum absolute atomic E-state index is 13.6. The van der Waals surface area contributed by atoms with Crippen molar-refractivity contribution < 1.29 is 29.0 Å². The van der Waals surface area contributed by atoms with E-state index in [0.29, 0.717) is 13.0 Å². The summed E-state index contributed by atoms with van der Waals surface area (Å²) in [5.74, 6) is -2.30. The van der Waals surface area contributed by atoms with E-state index in [2.05, 4.69) is 21.2 Å². The topological polar surface area (TPSA) is 105 Å². The summed E-state index contributed by atoms with van der Waals surface area (Å²) < 4.78 is 11.6. The van der Waals surface area contributed by atoms with E-state index in [-0.39, 0.29) is 29.9 Å². The third-order valence-electron chi connectivity index (χ3n) is 6.40. The predicted molar refractivity (Wildman–Crippen MR) is 117 cm³/mol. The standard InChI is InChI=1S/C22H35BrN2O6/c1-5-30-20(29)14-15-19(28)25(10-8-6-7-9-11-26)17(18(27)24-21(2,3)4)22(15)12-13(23)16(14)31-22/h13-17,26H,5-12H2,1-4H3,(H,24,27)/t13?,14-,15-,16-,17?,22?/m0/s1. The van der Waals surface area contributed by atoms with Crippen LogP contribution in [0.25, 0.3) is 0 Å². The lowest BCUT2D eigenvalue weighted by atomic mass is 9.70. The van der Waals surface area contributed by atoms with Gasteiger partial charge in [-0.2, -0.15) is 0 Å². The molecule has 0 radical (unpaired) electrons. The summed E-state index contributed by atoms with van der Waals surface area (Å²) in [6.07, 6.45) is 3.16. The molecule has 8 nitrogen and oxygen atoms in total. The van der Waals surface area contributed by atoms with Crippen LogP contribution in [-0.2, 0) is 23.9 Å². The van der Waals surface area contributed by atoms with Crippen LogP contribution in [0.4, 0.5) is 0 Å². The smallest absolute Gasteiger partial charge is 0.312 e. The number of alkyl halides is 1. The largest absolute Gasteiger partial charge is 0.466 e. The Bertz CT molecular complexity index is 711. The number of ether oxygens (including phenoxy) is 2. The van der Waals surface area contributed by atoms with Gasteiger partial charge in [-0.25, -0.2) is 0 Å². The first kappa shape index (κ1) is 24.5. The lowest BCUT2D eigenvalue weighted by Crippen LogP contribution is -2.58. The molecule has 176 valence electrons. The Hall–Kier alpha value is -1.19. The first-order chi connectivity index (χ1) is 14.6. The predicted octanol–water partition coefficient (Wildman–Crippen LogP) is 1.76. The van der Waals surface area contributed by atoms with Gasteiger partial charge in [0, 0.05) is 23.5 Å². The molecule has 0 aromatic carbocycles. The third kappa shape index (κ3) is 4.50. The molecule has 3 aliphatic heterocycles. The van der Waals surface area contributed by atoms with Gasteiger partial charge in [-0.3, -0.25) is 14.4 Å². The number of likely N-dealkylation sites (tertiary alicyclic amines) is 1. The zero-order valence-electron chi connectivity index (χ0n) is 18.9. The lowest BCUT2D eigenvalue weighted by Gasteiger charge is -2.35. The van der Waals surface area contributed by atoms with E-state index < -0.39 is 41.1 Å². The van der Waals surface area contributed by atoms with Crippen molar-refractivity contribution in [3.05, 3.63) is 0 Å². The Labute approximate surface area is 192 Å². The van der Waals surface area contributed by atoms with Crippen molar-refractivity contribution >= 4 is 33.7 Å². The number of hydrogen-bond donors (Lipinski definition) is 2. The van der Waals surface area contributed by atoms with Crippen LogP contribution < -0.4 is 5.32 Å². The number of nitrogens with one attached hydrogen (secondary N) is 1. The summed E-state index contributed by atoms with van der Waals surface area (Å²) in [4.78, 5) is 41.3. The number of halogens is 1. The number of nitrogens with zero attached hydrogens (tertiary/aromatic N) is 1. The highest BCUT2D eigenvalue weighted by molar-refractivity contribution is 9.09. The second-order valence-corrected chi connectivity index (χ2v) is 11.0. The van der Waals surface area contributed by atoms with Gasteiger partial charge in [0.15, 0.2) is 0 Å². The maximum Gasteiger partial charge on any atom is 0.312 e. The molecule has 1 spiro atoms. The van der Waals surface area contributed by atoms with Gasteiger partial charge in [-0.15, -0.1) is 0 Å². The first-order valence-corrected chi connectivity index (χ1v) is 12.2. The second-order valence-electron chi connectivity index (χ2n) is 9.82. The fraction of sp³-hybridized carbons (Fsp3) is 0.864. The molecule has 0 aliphatic carbocycles. The molecular formula is C22H35BrN2O6. The molecule has 3 fully saturated rings. The summed E-state index contributed by atoms with van der Waals surface area (Å²) in [6, 6.07) is -0.786. The van der Waals surface area contributed by atoms with E-state index in [1.807, 2.05) is 20.8 Å². The number of fused-ring (bicyclic) bond motifs is 1. The number of amides is 2. The third-order valence-corrected chi connectivity index (χ3v) is 7.25. The van der Waals surface area contributed by atoms with Crippen LogP contribution >= 0.6 is 15.9 Å². The van der Waals surface area contributed by atoms with Crippen LogP contribution in [0.2, 0.25) is 0 Å². The number of carbonyl (C=O) groups excluding carboxylic acids is 3. The summed E-state index contributed by atoms with van der Waals surface area (Å²) in [5, 5.41) is 12.0. The Morgan fingerprint density at radius 2 is 1.97 bits per heavy atom. The summed E-state index contributed by atoms with van der Waals surface area (Å²) in [6.45, 7) is 8.23. The molecule has 3 heterocycles. The minimum Gasteiger partial charge on any atom is -0.466 e. The van der Waals surface area contributed by atoms with Crippen LogP contribution in [0, 0.1) is 11.8 Å². The molecule has 2 N–H and O–H groups in total. The maximum atomic E-state index is 13.6. The molecule has 9 heteroatoms. The number of esters is 1. The number of aliphatic hydroxyl groups is 1. The average molecular weight is 503 g/mol. The van der Waals surface area contributed by atoms with E-state index >= 15 is 0 Å². The molecular weight excluding hydrogens is 468 g/mol. The molecule has 0 aromatic heterocycles. The van der Waals surface area contributed by atoms with Gasteiger partial charge in [0.2, 0.25) is 11.8 Å². The van der Waals surface area contributed by atoms with Crippen molar-refractivity contribution in [2.24, 2.45) is 11.8 Å². The van der Waals surface area contributed by atoms with Gasteiger partial charge >= 0.3 is 5.97 Å². The summed E-state index contributed by atoms with van der Waals surface area (Å²) in [5.41, 5.74) is -1.50. The van der Waals surface area contributed by atoms with Crippen molar-refractivity contribution in [3.8, 4) is 0 Å². The molecule has 3 aliphatic rings. The molecule has 3 saturated heterocycles. The van der Waals surface area contributed by atoms with Crippen molar-refractivity contribution in [2.75, 3.05) is 19.8 Å². The minimum atomic E-state index is -1.03. The van der Waals surface area contributed by atoms with Crippen molar-refractivity contribution in [1.82, 2.24) is 10.2 Å². The zero-order chi connectivity index (χ0) is 23.0. The molecule has 0 aromatic rings. The molecule has 0 saturated carbocycles. The average Bonchev–Trinajstić information content (AvgIpc) is 3.24. The molecule has 2 amide bonds. The number of hydrogen-bond acceptors (Lipinski definition) is 6. The lowest BCUT2D eigenvalue weighted by molar-refractivity contribution is -0.154. The highest BCUT2D eigenvalue weighted by Crippen LogP contribution is 2.60. The van der Waals surface area contributed by atoms with Crippen molar-refractivity contribution in [1.29, 1.82) is 0 Å². The Balaban J connectivity index is 1.91. The van der Waals surface area contributed by atoms with Crippen LogP contribution in [0.3, 0.4) is 0 Å². The van der Waals surface area contributed by atoms with E-state index in [1.165, 1.54) is 0 Å². The fourth-order valence-corrected chi connectivity index (χ4v) is 6.31. The van der Waals surface area contributed by atoms with E-state index in [9.17, 15) is 14.4 Å². The Kier molecular flexibility index (Phi) is 7.38. The van der Waals surface area contributed by atoms with E-state index in [1.54, 1.807) is 11.8 Å². The summed E-state index contributed by atoms with van der Waals surface area (Å²) >= 11 is 3.63. The molecule has 3 unspecified atom stereocenters. The van der Waals surface area contributed by atoms with Crippen LogP contribution in [0.15, 0.2) is 0 Å². The fourth-order valence-electron chi connectivity index (χ4n) is 5.36. The number of aliphatic hydroxyl groups excluding tert-OH is 1. The summed E-state index contributed by atoms with van der Waals surface area (Å²) in [7, 11) is 0. The van der Waals surface area contributed by atoms with Gasteiger partial charge in [-0.1, -0.05) is 28.8 Å². The molecule has 6 atom stereocenters. The SMILES string of the molecule is CCOC(=O)[C@H]1[C@H]2C(=O)N(CCCCCCO)C(C(=O)NC(C)(C)C)C23CC(Br)[C@@H]1O3. The van der Waals surface area contributed by atoms with Gasteiger partial charge < -0.3 is 24.8 Å². The highest BCUT2D eigenvalue weighted by Gasteiger charge is 2.76. The van der Waals surface area contributed by atoms with Gasteiger partial charge in [0.25, 0.3) is 0 Å². The molecule has 2 bridgehead atoms. The van der Waals surface area contributed by atoms with Crippen LogP contribution in [-0.4, -0.2) is 75.7 Å². The van der Waals surface area contributed by atoms with Gasteiger partial charge in [0.05, 0.1) is 24.5 Å². The normalized spacial score (nSPS) is 34.2. The zero-order valence-corrected chi connectivity index (χ0v) is 20.4. The van der Waals surface area contributed by atoms with Crippen molar-refractivity contribution in [2.45, 2.75) is 87.9 Å². The minimum absolute atomic E-state index is 0.125. The Morgan fingerprint density at radius 1 is 1.29 bits per heavy atom. The van der Waals surface area contributed by atoms with Gasteiger partial charge in [0.1, 0.15) is 11.6 Å². The number of unbranched alkanes of at least 4 members (excludes halogenated alkanes) is 3. The van der Waals surface area contributed by atoms with Crippen molar-refractivity contribution in [3.63, 3.8) is 0 Å².